The fourth-order valence-corrected chi connectivity index (χ4v) is 4.22. The van der Waals surface area contributed by atoms with E-state index in [1.54, 1.807) is 25.5 Å². The van der Waals surface area contributed by atoms with Gasteiger partial charge in [0.2, 0.25) is 5.91 Å². The number of nitrogens with one attached hydrogen (secondary N) is 2. The van der Waals surface area contributed by atoms with Crippen molar-refractivity contribution >= 4 is 34.0 Å². The number of amides is 2. The molecule has 1 atom stereocenters. The summed E-state index contributed by atoms with van der Waals surface area (Å²) in [5.41, 5.74) is 2.27. The molecule has 0 aliphatic carbocycles. The molecule has 0 bridgehead atoms. The number of nitrogens with zero attached hydrogens (tertiary/aromatic N) is 2. The summed E-state index contributed by atoms with van der Waals surface area (Å²) < 4.78 is 18.7. The number of anilines is 2. The summed E-state index contributed by atoms with van der Waals surface area (Å²) in [5.74, 6) is -0.279. The normalized spacial score (nSPS) is 16.0. The Morgan fingerprint density at radius 1 is 1.29 bits per heavy atom. The standard InChI is InChI=1S/C22H21FN4O3S/c1-13-11-14(23)3-8-17(13)19-20(28)24-9-10-27(19)21(29)18-12-31-22(26-18)25-15-4-6-16(30-2)7-5-15/h3-8,11-12,19H,9-10H2,1-2H3,(H,24,28)(H,25,26). The van der Waals surface area contributed by atoms with E-state index in [-0.39, 0.29) is 23.3 Å². The molecule has 2 aromatic carbocycles. The van der Waals surface area contributed by atoms with Gasteiger partial charge >= 0.3 is 0 Å². The lowest BCUT2D eigenvalue weighted by Gasteiger charge is -2.35. The SMILES string of the molecule is COc1ccc(Nc2nc(C(=O)N3CCNC(=O)C3c3ccc(F)cc3C)cs2)cc1. The number of hydrogen-bond acceptors (Lipinski definition) is 6. The predicted molar refractivity (Wildman–Crippen MR) is 116 cm³/mol. The van der Waals surface area contributed by atoms with E-state index in [1.165, 1.54) is 28.4 Å². The number of piperazine rings is 1. The minimum atomic E-state index is -0.832. The van der Waals surface area contributed by atoms with E-state index in [0.717, 1.165) is 11.4 Å². The first-order valence-corrected chi connectivity index (χ1v) is 10.6. The second-order valence-electron chi connectivity index (χ2n) is 7.08. The molecule has 1 saturated heterocycles. The lowest BCUT2D eigenvalue weighted by molar-refractivity contribution is -0.128. The topological polar surface area (TPSA) is 83.6 Å². The Kier molecular flexibility index (Phi) is 5.85. The van der Waals surface area contributed by atoms with Gasteiger partial charge in [-0.1, -0.05) is 6.07 Å². The summed E-state index contributed by atoms with van der Waals surface area (Å²) in [4.78, 5) is 31.8. The molecule has 2 amide bonds. The molecule has 1 aliphatic rings. The van der Waals surface area contributed by atoms with Crippen molar-refractivity contribution < 1.29 is 18.7 Å². The Balaban J connectivity index is 1.56. The molecule has 1 unspecified atom stereocenters. The van der Waals surface area contributed by atoms with Gasteiger partial charge in [0, 0.05) is 24.2 Å². The molecule has 3 aromatic rings. The summed E-state index contributed by atoms with van der Waals surface area (Å²) in [6.45, 7) is 2.41. The fourth-order valence-electron chi connectivity index (χ4n) is 3.52. The number of hydrogen-bond donors (Lipinski definition) is 2. The molecule has 0 radical (unpaired) electrons. The number of aryl methyl sites for hydroxylation is 1. The molecular formula is C22H21FN4O3S. The highest BCUT2D eigenvalue weighted by atomic mass is 32.1. The van der Waals surface area contributed by atoms with Crippen molar-refractivity contribution in [1.82, 2.24) is 15.2 Å². The van der Waals surface area contributed by atoms with Crippen LogP contribution >= 0.6 is 11.3 Å². The van der Waals surface area contributed by atoms with E-state index in [2.05, 4.69) is 15.6 Å². The van der Waals surface area contributed by atoms with Crippen LogP contribution in [0.3, 0.4) is 0 Å². The number of ether oxygens (including phenoxy) is 1. The molecule has 31 heavy (non-hydrogen) atoms. The van der Waals surface area contributed by atoms with E-state index in [9.17, 15) is 14.0 Å². The van der Waals surface area contributed by atoms with Crippen LogP contribution in [0.4, 0.5) is 15.2 Å². The molecular weight excluding hydrogens is 419 g/mol. The zero-order valence-corrected chi connectivity index (χ0v) is 17.8. The first-order chi connectivity index (χ1) is 15.0. The quantitative estimate of drug-likeness (QED) is 0.633. The van der Waals surface area contributed by atoms with Crippen molar-refractivity contribution in [2.24, 2.45) is 0 Å². The third-order valence-corrected chi connectivity index (χ3v) is 5.82. The van der Waals surface area contributed by atoms with Crippen LogP contribution in [0.5, 0.6) is 5.75 Å². The van der Waals surface area contributed by atoms with Crippen LogP contribution in [-0.4, -0.2) is 41.9 Å². The van der Waals surface area contributed by atoms with Crippen LogP contribution in [0.1, 0.15) is 27.7 Å². The molecule has 0 saturated carbocycles. The minimum absolute atomic E-state index is 0.250. The van der Waals surface area contributed by atoms with Crippen molar-refractivity contribution in [3.63, 3.8) is 0 Å². The summed E-state index contributed by atoms with van der Waals surface area (Å²) in [6, 6.07) is 10.7. The van der Waals surface area contributed by atoms with Gasteiger partial charge in [-0.3, -0.25) is 9.59 Å². The van der Waals surface area contributed by atoms with Gasteiger partial charge in [-0.15, -0.1) is 11.3 Å². The number of thiazole rings is 1. The lowest BCUT2D eigenvalue weighted by Crippen LogP contribution is -2.52. The van der Waals surface area contributed by atoms with Gasteiger partial charge in [-0.25, -0.2) is 9.37 Å². The molecule has 1 aromatic heterocycles. The van der Waals surface area contributed by atoms with Gasteiger partial charge in [-0.05, 0) is 54.4 Å². The first-order valence-electron chi connectivity index (χ1n) is 9.67. The molecule has 2 heterocycles. The van der Waals surface area contributed by atoms with Crippen LogP contribution in [0.15, 0.2) is 47.8 Å². The maximum Gasteiger partial charge on any atom is 0.274 e. The number of rotatable bonds is 5. The van der Waals surface area contributed by atoms with Crippen molar-refractivity contribution in [3.05, 3.63) is 70.5 Å². The van der Waals surface area contributed by atoms with Crippen LogP contribution in [-0.2, 0) is 4.79 Å². The van der Waals surface area contributed by atoms with E-state index in [4.69, 9.17) is 4.74 Å². The highest BCUT2D eigenvalue weighted by Gasteiger charge is 2.36. The average Bonchev–Trinajstić information content (AvgIpc) is 3.23. The van der Waals surface area contributed by atoms with Gasteiger partial charge in [-0.2, -0.15) is 0 Å². The number of halogens is 1. The second kappa shape index (κ2) is 8.73. The smallest absolute Gasteiger partial charge is 0.274 e. The van der Waals surface area contributed by atoms with Crippen LogP contribution < -0.4 is 15.4 Å². The van der Waals surface area contributed by atoms with Gasteiger partial charge in [0.15, 0.2) is 5.13 Å². The summed E-state index contributed by atoms with van der Waals surface area (Å²) in [5, 5.41) is 8.17. The molecule has 0 spiro atoms. The van der Waals surface area contributed by atoms with Crippen molar-refractivity contribution in [3.8, 4) is 5.75 Å². The summed E-state index contributed by atoms with van der Waals surface area (Å²) >= 11 is 1.30. The molecule has 9 heteroatoms. The van der Waals surface area contributed by atoms with Crippen molar-refractivity contribution in [1.29, 1.82) is 0 Å². The van der Waals surface area contributed by atoms with E-state index in [1.807, 2.05) is 24.3 Å². The Labute approximate surface area is 182 Å². The third kappa shape index (κ3) is 4.36. The van der Waals surface area contributed by atoms with Crippen LogP contribution in [0.2, 0.25) is 0 Å². The maximum atomic E-state index is 13.6. The van der Waals surface area contributed by atoms with Crippen LogP contribution in [0, 0.1) is 12.7 Å². The molecule has 1 aliphatic heterocycles. The molecule has 7 nitrogen and oxygen atoms in total. The first kappa shape index (κ1) is 20.8. The number of aromatic nitrogens is 1. The highest BCUT2D eigenvalue weighted by Crippen LogP contribution is 2.29. The van der Waals surface area contributed by atoms with E-state index >= 15 is 0 Å². The number of carbonyl (C=O) groups excluding carboxylic acids is 2. The number of benzene rings is 2. The second-order valence-corrected chi connectivity index (χ2v) is 7.94. The fraction of sp³-hybridized carbons (Fsp3) is 0.227. The van der Waals surface area contributed by atoms with Crippen molar-refractivity contribution in [2.45, 2.75) is 13.0 Å². The average molecular weight is 441 g/mol. The zero-order valence-electron chi connectivity index (χ0n) is 17.0. The van der Waals surface area contributed by atoms with Gasteiger partial charge in [0.25, 0.3) is 5.91 Å². The number of methoxy groups -OCH3 is 1. The Morgan fingerprint density at radius 3 is 2.77 bits per heavy atom. The predicted octanol–water partition coefficient (Wildman–Crippen LogP) is 3.66. The van der Waals surface area contributed by atoms with Crippen LogP contribution in [0.25, 0.3) is 0 Å². The largest absolute Gasteiger partial charge is 0.497 e. The molecule has 1 fully saturated rings. The Morgan fingerprint density at radius 2 is 2.06 bits per heavy atom. The van der Waals surface area contributed by atoms with Gasteiger partial charge in [0.1, 0.15) is 23.3 Å². The summed E-state index contributed by atoms with van der Waals surface area (Å²) in [6.07, 6.45) is 0. The molecule has 4 rings (SSSR count). The van der Waals surface area contributed by atoms with E-state index in [0.29, 0.717) is 29.3 Å². The van der Waals surface area contributed by atoms with E-state index < -0.39 is 6.04 Å². The van der Waals surface area contributed by atoms with Gasteiger partial charge < -0.3 is 20.3 Å². The molecule has 160 valence electrons. The number of carbonyl (C=O) groups is 2. The Bertz CT molecular complexity index is 1120. The zero-order chi connectivity index (χ0) is 22.0. The van der Waals surface area contributed by atoms with Gasteiger partial charge in [0.05, 0.1) is 7.11 Å². The minimum Gasteiger partial charge on any atom is -0.497 e. The monoisotopic (exact) mass is 440 g/mol. The third-order valence-electron chi connectivity index (χ3n) is 5.06. The Hall–Kier alpha value is -3.46. The lowest BCUT2D eigenvalue weighted by atomic mass is 9.97. The highest BCUT2D eigenvalue weighted by molar-refractivity contribution is 7.14. The molecule has 2 N–H and O–H groups in total. The maximum absolute atomic E-state index is 13.6. The summed E-state index contributed by atoms with van der Waals surface area (Å²) in [7, 11) is 1.60. The van der Waals surface area contributed by atoms with Crippen molar-refractivity contribution in [2.75, 3.05) is 25.5 Å².